The maximum Gasteiger partial charge on any atom is 0.146 e. The Hall–Kier alpha value is -2.43. The number of nitrogens with zero attached hydrogens (tertiary/aromatic N) is 2. The summed E-state index contributed by atoms with van der Waals surface area (Å²) < 4.78 is 29.6. The van der Waals surface area contributed by atoms with Crippen LogP contribution in [-0.4, -0.2) is 9.55 Å². The Labute approximate surface area is 120 Å². The van der Waals surface area contributed by atoms with Gasteiger partial charge in [0, 0.05) is 17.8 Å². The number of anilines is 1. The molecule has 2 aromatic carbocycles. The van der Waals surface area contributed by atoms with Crippen molar-refractivity contribution in [1.82, 2.24) is 9.55 Å². The van der Waals surface area contributed by atoms with Gasteiger partial charge in [0.2, 0.25) is 0 Å². The maximum atomic E-state index is 14.2. The largest absolute Gasteiger partial charge is 0.398 e. The number of hydrogen-bond donors (Lipinski definition) is 1. The van der Waals surface area contributed by atoms with E-state index < -0.39 is 5.82 Å². The zero-order chi connectivity index (χ0) is 14.6. The van der Waals surface area contributed by atoms with Crippen LogP contribution in [-0.2, 0) is 0 Å². The van der Waals surface area contributed by atoms with E-state index >= 15 is 0 Å². The molecule has 1 saturated carbocycles. The van der Waals surface area contributed by atoms with Gasteiger partial charge in [-0.15, -0.1) is 0 Å². The lowest BCUT2D eigenvalue weighted by molar-refractivity contribution is 0.627. The Bertz CT molecular complexity index is 830. The molecule has 0 unspecified atom stereocenters. The molecule has 3 nitrogen and oxygen atoms in total. The molecule has 5 heteroatoms. The van der Waals surface area contributed by atoms with Gasteiger partial charge < -0.3 is 10.3 Å². The van der Waals surface area contributed by atoms with Gasteiger partial charge in [0.05, 0.1) is 16.6 Å². The number of aromatic nitrogens is 2. The van der Waals surface area contributed by atoms with Gasteiger partial charge >= 0.3 is 0 Å². The average molecular weight is 285 g/mol. The Kier molecular flexibility index (Phi) is 2.51. The van der Waals surface area contributed by atoms with E-state index in [-0.39, 0.29) is 11.9 Å². The summed E-state index contributed by atoms with van der Waals surface area (Å²) in [5.74, 6) is -0.280. The molecule has 0 bridgehead atoms. The van der Waals surface area contributed by atoms with Crippen LogP contribution in [0.3, 0.4) is 0 Å². The van der Waals surface area contributed by atoms with Crippen LogP contribution in [0.5, 0.6) is 0 Å². The van der Waals surface area contributed by atoms with E-state index in [1.165, 1.54) is 18.2 Å². The Morgan fingerprint density at radius 1 is 1.14 bits per heavy atom. The van der Waals surface area contributed by atoms with Crippen molar-refractivity contribution < 1.29 is 8.78 Å². The first-order valence-corrected chi connectivity index (χ1v) is 6.87. The lowest BCUT2D eigenvalue weighted by atomic mass is 10.1. The minimum absolute atomic E-state index is 0.287. The standard InChI is InChI=1S/C16H13F2N3/c17-9-4-7-14-13(8-9)20-16(21(14)10-5-6-10)15-11(18)2-1-3-12(15)19/h1-4,7-8,10H,5-6,19H2. The van der Waals surface area contributed by atoms with Gasteiger partial charge in [-0.25, -0.2) is 13.8 Å². The molecule has 2 N–H and O–H groups in total. The average Bonchev–Trinajstić information content (AvgIpc) is 3.20. The molecule has 0 radical (unpaired) electrons. The van der Waals surface area contributed by atoms with E-state index in [1.54, 1.807) is 18.2 Å². The number of rotatable bonds is 2. The molecular formula is C16H13F2N3. The summed E-state index contributed by atoms with van der Waals surface area (Å²) >= 11 is 0. The fourth-order valence-corrected chi connectivity index (χ4v) is 2.73. The molecule has 0 amide bonds. The minimum atomic E-state index is -0.410. The van der Waals surface area contributed by atoms with Crippen molar-refractivity contribution in [2.24, 2.45) is 0 Å². The molecule has 1 heterocycles. The number of nitrogen functional groups attached to an aromatic ring is 1. The van der Waals surface area contributed by atoms with Crippen molar-refractivity contribution in [3.8, 4) is 11.4 Å². The van der Waals surface area contributed by atoms with Crippen molar-refractivity contribution in [2.75, 3.05) is 5.73 Å². The number of fused-ring (bicyclic) bond motifs is 1. The second-order valence-electron chi connectivity index (χ2n) is 5.37. The summed E-state index contributed by atoms with van der Waals surface area (Å²) in [6.07, 6.45) is 2.04. The molecule has 4 rings (SSSR count). The van der Waals surface area contributed by atoms with E-state index in [4.69, 9.17) is 5.73 Å². The highest BCUT2D eigenvalue weighted by molar-refractivity contribution is 5.84. The second kappa shape index (κ2) is 4.28. The van der Waals surface area contributed by atoms with Crippen molar-refractivity contribution in [3.05, 3.63) is 48.0 Å². The van der Waals surface area contributed by atoms with Crippen LogP contribution in [0, 0.1) is 11.6 Å². The lowest BCUT2D eigenvalue weighted by Crippen LogP contribution is -2.02. The molecule has 0 saturated heterocycles. The predicted octanol–water partition coefficient (Wildman–Crippen LogP) is 3.90. The van der Waals surface area contributed by atoms with E-state index in [1.807, 2.05) is 4.57 Å². The van der Waals surface area contributed by atoms with Gasteiger partial charge in [-0.2, -0.15) is 0 Å². The monoisotopic (exact) mass is 285 g/mol. The molecule has 1 aromatic heterocycles. The molecule has 3 aromatic rings. The highest BCUT2D eigenvalue weighted by atomic mass is 19.1. The first-order valence-electron chi connectivity index (χ1n) is 6.87. The Morgan fingerprint density at radius 3 is 2.67 bits per heavy atom. The molecular weight excluding hydrogens is 272 g/mol. The highest BCUT2D eigenvalue weighted by Crippen LogP contribution is 2.42. The summed E-state index contributed by atoms with van der Waals surface area (Å²) in [4.78, 5) is 4.43. The third kappa shape index (κ3) is 1.88. The molecule has 1 fully saturated rings. The van der Waals surface area contributed by atoms with Crippen molar-refractivity contribution in [2.45, 2.75) is 18.9 Å². The van der Waals surface area contributed by atoms with E-state index in [9.17, 15) is 8.78 Å². The summed E-state index contributed by atoms with van der Waals surface area (Å²) in [6.45, 7) is 0. The lowest BCUT2D eigenvalue weighted by Gasteiger charge is -2.10. The van der Waals surface area contributed by atoms with Gasteiger partial charge in [-0.3, -0.25) is 0 Å². The minimum Gasteiger partial charge on any atom is -0.398 e. The molecule has 0 atom stereocenters. The van der Waals surface area contributed by atoms with Crippen LogP contribution in [0.15, 0.2) is 36.4 Å². The first-order chi connectivity index (χ1) is 10.1. The van der Waals surface area contributed by atoms with E-state index in [0.29, 0.717) is 22.6 Å². The van der Waals surface area contributed by atoms with Gasteiger partial charge in [0.25, 0.3) is 0 Å². The molecule has 1 aliphatic rings. The van der Waals surface area contributed by atoms with E-state index in [0.717, 1.165) is 18.4 Å². The van der Waals surface area contributed by atoms with Gasteiger partial charge in [-0.05, 0) is 37.1 Å². The summed E-state index contributed by atoms with van der Waals surface area (Å²) in [5.41, 5.74) is 7.90. The van der Waals surface area contributed by atoms with Crippen LogP contribution < -0.4 is 5.73 Å². The maximum absolute atomic E-state index is 14.2. The van der Waals surface area contributed by atoms with Gasteiger partial charge in [0.15, 0.2) is 0 Å². The fraction of sp³-hybridized carbons (Fsp3) is 0.188. The third-order valence-corrected chi connectivity index (χ3v) is 3.83. The SMILES string of the molecule is Nc1cccc(F)c1-c1nc2cc(F)ccc2n1C1CC1. The number of halogens is 2. The zero-order valence-corrected chi connectivity index (χ0v) is 11.2. The number of imidazole rings is 1. The normalized spacial score (nSPS) is 14.8. The van der Waals surface area contributed by atoms with Crippen LogP contribution in [0.1, 0.15) is 18.9 Å². The van der Waals surface area contributed by atoms with Crippen LogP contribution in [0.4, 0.5) is 14.5 Å². The summed E-state index contributed by atoms with van der Waals surface area (Å²) in [6, 6.07) is 9.33. The molecule has 106 valence electrons. The second-order valence-corrected chi connectivity index (χ2v) is 5.37. The Balaban J connectivity index is 2.06. The smallest absolute Gasteiger partial charge is 0.146 e. The summed E-state index contributed by atoms with van der Waals surface area (Å²) in [5, 5.41) is 0. The topological polar surface area (TPSA) is 43.8 Å². The van der Waals surface area contributed by atoms with Crippen molar-refractivity contribution in [3.63, 3.8) is 0 Å². The highest BCUT2D eigenvalue weighted by Gasteiger charge is 2.30. The van der Waals surface area contributed by atoms with Gasteiger partial charge in [-0.1, -0.05) is 6.07 Å². The van der Waals surface area contributed by atoms with Crippen LogP contribution in [0.25, 0.3) is 22.4 Å². The van der Waals surface area contributed by atoms with Crippen LogP contribution in [0.2, 0.25) is 0 Å². The Morgan fingerprint density at radius 2 is 1.95 bits per heavy atom. The van der Waals surface area contributed by atoms with Crippen LogP contribution >= 0.6 is 0 Å². The van der Waals surface area contributed by atoms with E-state index in [2.05, 4.69) is 4.98 Å². The van der Waals surface area contributed by atoms with Gasteiger partial charge in [0.1, 0.15) is 17.5 Å². The third-order valence-electron chi connectivity index (χ3n) is 3.83. The number of benzene rings is 2. The van der Waals surface area contributed by atoms with Crippen molar-refractivity contribution >= 4 is 16.7 Å². The number of hydrogen-bond acceptors (Lipinski definition) is 2. The predicted molar refractivity (Wildman–Crippen MR) is 77.8 cm³/mol. The molecule has 0 spiro atoms. The number of nitrogens with two attached hydrogens (primary N) is 1. The molecule has 1 aliphatic carbocycles. The summed E-state index contributed by atoms with van der Waals surface area (Å²) in [7, 11) is 0. The fourth-order valence-electron chi connectivity index (χ4n) is 2.73. The van der Waals surface area contributed by atoms with Crippen molar-refractivity contribution in [1.29, 1.82) is 0 Å². The first kappa shape index (κ1) is 12.3. The quantitative estimate of drug-likeness (QED) is 0.726. The molecule has 21 heavy (non-hydrogen) atoms. The molecule has 0 aliphatic heterocycles. The zero-order valence-electron chi connectivity index (χ0n) is 11.2.